The Kier molecular flexibility index (Phi) is 7.64. The van der Waals surface area contributed by atoms with Crippen molar-refractivity contribution < 1.29 is 14.2 Å². The number of ether oxygens (including phenoxy) is 3. The van der Waals surface area contributed by atoms with Crippen molar-refractivity contribution in [3.63, 3.8) is 0 Å². The normalized spacial score (nSPS) is 14.4. The molecule has 0 unspecified atom stereocenters. The molecule has 1 aliphatic rings. The third kappa shape index (κ3) is 5.09. The summed E-state index contributed by atoms with van der Waals surface area (Å²) in [5, 5.41) is 4.70. The van der Waals surface area contributed by atoms with Gasteiger partial charge in [-0.2, -0.15) is 0 Å². The molecule has 1 saturated heterocycles. The molecular formula is C22H28ClN3O3S. The van der Waals surface area contributed by atoms with Gasteiger partial charge < -0.3 is 24.4 Å². The van der Waals surface area contributed by atoms with Crippen molar-refractivity contribution in [3.8, 4) is 17.2 Å². The van der Waals surface area contributed by atoms with Crippen LogP contribution in [-0.2, 0) is 6.54 Å². The number of methoxy groups -OCH3 is 3. The van der Waals surface area contributed by atoms with Gasteiger partial charge in [-0.15, -0.1) is 0 Å². The molecule has 0 atom stereocenters. The Bertz CT molecular complexity index is 876. The molecule has 30 heavy (non-hydrogen) atoms. The van der Waals surface area contributed by atoms with Crippen LogP contribution < -0.4 is 19.5 Å². The second kappa shape index (κ2) is 10.2. The Balaban J connectivity index is 1.59. The SMILES string of the molecule is COc1cc(CN2CCN(C(=S)Nc3cccc(C)c3Cl)CC2)cc(OC)c1OC. The first kappa shape index (κ1) is 22.5. The average molecular weight is 450 g/mol. The van der Waals surface area contributed by atoms with Crippen molar-refractivity contribution in [2.24, 2.45) is 0 Å². The second-order valence-electron chi connectivity index (χ2n) is 7.16. The topological polar surface area (TPSA) is 46.2 Å². The van der Waals surface area contributed by atoms with E-state index in [-0.39, 0.29) is 0 Å². The minimum Gasteiger partial charge on any atom is -0.493 e. The van der Waals surface area contributed by atoms with Gasteiger partial charge in [0.1, 0.15) is 0 Å². The molecule has 8 heteroatoms. The van der Waals surface area contributed by atoms with E-state index in [1.54, 1.807) is 21.3 Å². The van der Waals surface area contributed by atoms with Crippen LogP contribution in [0.5, 0.6) is 17.2 Å². The Morgan fingerprint density at radius 2 is 1.67 bits per heavy atom. The van der Waals surface area contributed by atoms with Gasteiger partial charge in [0.2, 0.25) is 5.75 Å². The van der Waals surface area contributed by atoms with Crippen molar-refractivity contribution in [3.05, 3.63) is 46.5 Å². The van der Waals surface area contributed by atoms with Crippen LogP contribution in [0.1, 0.15) is 11.1 Å². The van der Waals surface area contributed by atoms with Gasteiger partial charge in [0, 0.05) is 32.7 Å². The predicted octanol–water partition coefficient (Wildman–Crippen LogP) is 4.19. The molecule has 0 bridgehead atoms. The maximum Gasteiger partial charge on any atom is 0.203 e. The lowest BCUT2D eigenvalue weighted by atomic mass is 10.1. The Morgan fingerprint density at radius 3 is 2.23 bits per heavy atom. The fourth-order valence-electron chi connectivity index (χ4n) is 3.53. The van der Waals surface area contributed by atoms with Crippen molar-refractivity contribution >= 4 is 34.6 Å². The number of aryl methyl sites for hydroxylation is 1. The monoisotopic (exact) mass is 449 g/mol. The van der Waals surface area contributed by atoms with E-state index in [1.165, 1.54) is 0 Å². The van der Waals surface area contributed by atoms with Crippen LogP contribution in [0.3, 0.4) is 0 Å². The number of benzene rings is 2. The summed E-state index contributed by atoms with van der Waals surface area (Å²) < 4.78 is 16.3. The molecule has 1 fully saturated rings. The first-order valence-corrected chi connectivity index (χ1v) is 10.6. The Morgan fingerprint density at radius 1 is 1.03 bits per heavy atom. The standard InChI is InChI=1S/C22H28ClN3O3S/c1-15-6-5-7-17(20(15)23)24-22(30)26-10-8-25(9-11-26)14-16-12-18(27-2)21(29-4)19(13-16)28-3/h5-7,12-13H,8-11,14H2,1-4H3,(H,24,30). The number of rotatable bonds is 6. The number of anilines is 1. The molecular weight excluding hydrogens is 422 g/mol. The van der Waals surface area contributed by atoms with Crippen LogP contribution in [0.15, 0.2) is 30.3 Å². The Labute approximate surface area is 188 Å². The van der Waals surface area contributed by atoms with E-state index in [0.29, 0.717) is 27.4 Å². The van der Waals surface area contributed by atoms with Crippen LogP contribution in [0.25, 0.3) is 0 Å². The number of hydrogen-bond donors (Lipinski definition) is 1. The smallest absolute Gasteiger partial charge is 0.203 e. The second-order valence-corrected chi connectivity index (χ2v) is 7.93. The number of hydrogen-bond acceptors (Lipinski definition) is 5. The number of thiocarbonyl (C=S) groups is 1. The van der Waals surface area contributed by atoms with Gasteiger partial charge >= 0.3 is 0 Å². The Hall–Kier alpha value is -2.22. The largest absolute Gasteiger partial charge is 0.493 e. The van der Waals surface area contributed by atoms with Gasteiger partial charge in [0.05, 0.1) is 32.0 Å². The van der Waals surface area contributed by atoms with E-state index in [2.05, 4.69) is 15.1 Å². The molecule has 1 N–H and O–H groups in total. The molecule has 0 amide bonds. The lowest BCUT2D eigenvalue weighted by molar-refractivity contribution is 0.176. The van der Waals surface area contributed by atoms with Crippen LogP contribution in [0, 0.1) is 6.92 Å². The van der Waals surface area contributed by atoms with Crippen molar-refractivity contribution in [1.29, 1.82) is 0 Å². The lowest BCUT2D eigenvalue weighted by Crippen LogP contribution is -2.49. The fourth-order valence-corrected chi connectivity index (χ4v) is 4.00. The summed E-state index contributed by atoms with van der Waals surface area (Å²) in [7, 11) is 4.88. The van der Waals surface area contributed by atoms with E-state index in [9.17, 15) is 0 Å². The first-order valence-electron chi connectivity index (χ1n) is 9.79. The highest BCUT2D eigenvalue weighted by atomic mass is 35.5. The summed E-state index contributed by atoms with van der Waals surface area (Å²) in [6.45, 7) is 6.28. The quantitative estimate of drug-likeness (QED) is 0.663. The van der Waals surface area contributed by atoms with Gasteiger partial charge in [-0.05, 0) is 48.5 Å². The number of nitrogens with one attached hydrogen (secondary N) is 1. The molecule has 0 aliphatic carbocycles. The van der Waals surface area contributed by atoms with Gasteiger partial charge in [0.25, 0.3) is 0 Å². The van der Waals surface area contributed by atoms with Crippen molar-refractivity contribution in [2.45, 2.75) is 13.5 Å². The first-order chi connectivity index (χ1) is 14.5. The zero-order valence-electron chi connectivity index (χ0n) is 17.8. The third-order valence-corrected chi connectivity index (χ3v) is 6.09. The average Bonchev–Trinajstić information content (AvgIpc) is 2.76. The molecule has 6 nitrogen and oxygen atoms in total. The molecule has 1 heterocycles. The maximum atomic E-state index is 6.38. The molecule has 1 aliphatic heterocycles. The van der Waals surface area contributed by atoms with E-state index in [4.69, 9.17) is 38.0 Å². The highest BCUT2D eigenvalue weighted by molar-refractivity contribution is 7.80. The van der Waals surface area contributed by atoms with Crippen molar-refractivity contribution in [2.75, 3.05) is 52.8 Å². The molecule has 2 aromatic carbocycles. The van der Waals surface area contributed by atoms with E-state index >= 15 is 0 Å². The van der Waals surface area contributed by atoms with E-state index < -0.39 is 0 Å². The lowest BCUT2D eigenvalue weighted by Gasteiger charge is -2.36. The summed E-state index contributed by atoms with van der Waals surface area (Å²) in [6, 6.07) is 9.90. The molecule has 0 spiro atoms. The van der Waals surface area contributed by atoms with Crippen LogP contribution in [-0.4, -0.2) is 62.4 Å². The van der Waals surface area contributed by atoms with Gasteiger partial charge in [-0.1, -0.05) is 23.7 Å². The van der Waals surface area contributed by atoms with Crippen LogP contribution in [0.2, 0.25) is 5.02 Å². The number of nitrogens with zero attached hydrogens (tertiary/aromatic N) is 2. The minimum atomic E-state index is 0.611. The zero-order valence-corrected chi connectivity index (χ0v) is 19.4. The number of piperazine rings is 1. The van der Waals surface area contributed by atoms with Crippen molar-refractivity contribution in [1.82, 2.24) is 9.80 Å². The molecule has 0 radical (unpaired) electrons. The van der Waals surface area contributed by atoms with Crippen LogP contribution >= 0.6 is 23.8 Å². The molecule has 0 aromatic heterocycles. The molecule has 3 rings (SSSR count). The van der Waals surface area contributed by atoms with Gasteiger partial charge in [-0.3, -0.25) is 4.90 Å². The summed E-state index contributed by atoms with van der Waals surface area (Å²) in [5.41, 5.74) is 2.99. The fraction of sp³-hybridized carbons (Fsp3) is 0.409. The molecule has 2 aromatic rings. The molecule has 0 saturated carbocycles. The summed E-state index contributed by atoms with van der Waals surface area (Å²) in [6.07, 6.45) is 0. The summed E-state index contributed by atoms with van der Waals surface area (Å²) in [5.74, 6) is 1.96. The van der Waals surface area contributed by atoms with Gasteiger partial charge in [-0.25, -0.2) is 0 Å². The minimum absolute atomic E-state index is 0.611. The van der Waals surface area contributed by atoms with Crippen LogP contribution in [0.4, 0.5) is 5.69 Å². The summed E-state index contributed by atoms with van der Waals surface area (Å²) in [4.78, 5) is 4.57. The van der Waals surface area contributed by atoms with E-state index in [1.807, 2.05) is 37.3 Å². The highest BCUT2D eigenvalue weighted by Crippen LogP contribution is 2.38. The predicted molar refractivity (Wildman–Crippen MR) is 125 cm³/mol. The third-order valence-electron chi connectivity index (χ3n) is 5.22. The summed E-state index contributed by atoms with van der Waals surface area (Å²) >= 11 is 12.0. The zero-order chi connectivity index (χ0) is 21.7. The molecule has 162 valence electrons. The maximum absolute atomic E-state index is 6.38. The highest BCUT2D eigenvalue weighted by Gasteiger charge is 2.21. The van der Waals surface area contributed by atoms with Gasteiger partial charge in [0.15, 0.2) is 16.6 Å². The number of halogens is 1. The van der Waals surface area contributed by atoms with E-state index in [0.717, 1.165) is 49.5 Å².